The highest BCUT2D eigenvalue weighted by Gasteiger charge is 1.98. The van der Waals surface area contributed by atoms with Gasteiger partial charge in [0.15, 0.2) is 0 Å². The summed E-state index contributed by atoms with van der Waals surface area (Å²) in [4.78, 5) is 2.92. The van der Waals surface area contributed by atoms with E-state index in [1.807, 2.05) is 0 Å². The predicted molar refractivity (Wildman–Crippen MR) is 31.4 cm³/mol. The molecule has 1 aromatic heterocycles. The summed E-state index contributed by atoms with van der Waals surface area (Å²) in [5.74, 6) is -1.70. The maximum Gasteiger partial charge on any atom is 0.228 e. The molecule has 0 spiro atoms. The van der Waals surface area contributed by atoms with Gasteiger partial charge in [-0.05, 0) is 12.1 Å². The number of pyridine rings is 1. The van der Waals surface area contributed by atoms with Gasteiger partial charge in [0.25, 0.3) is 0 Å². The van der Waals surface area contributed by atoms with Crippen molar-refractivity contribution < 1.29 is 8.78 Å². The smallest absolute Gasteiger partial charge is 0.190 e. The molecule has 0 saturated heterocycles. The van der Waals surface area contributed by atoms with Crippen LogP contribution in [0, 0.1) is 11.9 Å². The van der Waals surface area contributed by atoms with Crippen molar-refractivity contribution >= 4 is 12.6 Å². The van der Waals surface area contributed by atoms with E-state index in [1.165, 1.54) is 6.07 Å². The largest absolute Gasteiger partial charge is 0.228 e. The van der Waals surface area contributed by atoms with E-state index in [-0.39, 0.29) is 4.90 Å². The van der Waals surface area contributed by atoms with E-state index in [9.17, 15) is 8.78 Å². The normalized spacial score (nSPS) is 9.67. The molecule has 1 rings (SSSR count). The van der Waals surface area contributed by atoms with Crippen LogP contribution in [0.4, 0.5) is 8.78 Å². The molecule has 1 heterocycles. The zero-order valence-corrected chi connectivity index (χ0v) is 5.20. The topological polar surface area (TPSA) is 12.9 Å². The highest BCUT2D eigenvalue weighted by Crippen LogP contribution is 2.08. The molecule has 0 amide bonds. The SMILES string of the molecule is Fc1ccc(S)c(F)n1. The van der Waals surface area contributed by atoms with Gasteiger partial charge in [0.2, 0.25) is 11.9 Å². The molecule has 1 nitrogen and oxygen atoms in total. The van der Waals surface area contributed by atoms with Crippen LogP contribution in [-0.2, 0) is 0 Å². The second-order valence-electron chi connectivity index (χ2n) is 1.44. The van der Waals surface area contributed by atoms with Gasteiger partial charge in [0.1, 0.15) is 0 Å². The van der Waals surface area contributed by atoms with Gasteiger partial charge in [-0.3, -0.25) is 0 Å². The number of rotatable bonds is 0. The minimum atomic E-state index is -0.877. The van der Waals surface area contributed by atoms with E-state index in [1.54, 1.807) is 0 Å². The summed E-state index contributed by atoms with van der Waals surface area (Å²) >= 11 is 3.64. The van der Waals surface area contributed by atoms with Gasteiger partial charge >= 0.3 is 0 Å². The van der Waals surface area contributed by atoms with Gasteiger partial charge < -0.3 is 0 Å². The summed E-state index contributed by atoms with van der Waals surface area (Å²) in [5.41, 5.74) is 0. The van der Waals surface area contributed by atoms with Crippen molar-refractivity contribution in [3.8, 4) is 0 Å². The van der Waals surface area contributed by atoms with Crippen LogP contribution in [0.5, 0.6) is 0 Å². The third-order valence-electron chi connectivity index (χ3n) is 0.795. The fraction of sp³-hybridized carbons (Fsp3) is 0. The Morgan fingerprint density at radius 2 is 2.00 bits per heavy atom. The molecule has 4 heteroatoms. The third kappa shape index (κ3) is 1.38. The van der Waals surface area contributed by atoms with E-state index in [0.29, 0.717) is 0 Å². The summed E-state index contributed by atoms with van der Waals surface area (Å²) in [6.07, 6.45) is 0. The first-order valence-electron chi connectivity index (χ1n) is 2.21. The molecule has 48 valence electrons. The van der Waals surface area contributed by atoms with E-state index >= 15 is 0 Å². The van der Waals surface area contributed by atoms with Crippen molar-refractivity contribution in [2.75, 3.05) is 0 Å². The molecule has 0 aromatic carbocycles. The Hall–Kier alpha value is -0.640. The van der Waals surface area contributed by atoms with Crippen LogP contribution < -0.4 is 0 Å². The zero-order chi connectivity index (χ0) is 6.85. The van der Waals surface area contributed by atoms with Crippen LogP contribution in [0.15, 0.2) is 17.0 Å². The average molecular weight is 147 g/mol. The summed E-state index contributed by atoms with van der Waals surface area (Å²) in [5, 5.41) is 0. The molecule has 0 aliphatic carbocycles. The third-order valence-corrected chi connectivity index (χ3v) is 1.13. The Kier molecular flexibility index (Phi) is 1.66. The van der Waals surface area contributed by atoms with Crippen LogP contribution in [0.3, 0.4) is 0 Å². The number of thiol groups is 1. The number of aromatic nitrogens is 1. The van der Waals surface area contributed by atoms with Crippen LogP contribution in [-0.4, -0.2) is 4.98 Å². The van der Waals surface area contributed by atoms with Crippen molar-refractivity contribution in [2.24, 2.45) is 0 Å². The standard InChI is InChI=1S/C5H3F2NS/c6-4-2-1-3(9)5(7)8-4/h1-2,9H. The first kappa shape index (κ1) is 6.48. The fourth-order valence-electron chi connectivity index (χ4n) is 0.405. The minimum absolute atomic E-state index is 0.0522. The second kappa shape index (κ2) is 2.31. The molecule has 0 saturated carbocycles. The van der Waals surface area contributed by atoms with Crippen molar-refractivity contribution in [3.05, 3.63) is 24.0 Å². The zero-order valence-electron chi connectivity index (χ0n) is 4.31. The number of hydrogen-bond donors (Lipinski definition) is 1. The molecule has 9 heavy (non-hydrogen) atoms. The number of nitrogens with zero attached hydrogens (tertiary/aromatic N) is 1. The summed E-state index contributed by atoms with van der Waals surface area (Å²) in [7, 11) is 0. The summed E-state index contributed by atoms with van der Waals surface area (Å²) in [6, 6.07) is 2.26. The second-order valence-corrected chi connectivity index (χ2v) is 1.93. The number of hydrogen-bond acceptors (Lipinski definition) is 2. The Balaban J connectivity index is 3.17. The maximum atomic E-state index is 12.2. The Bertz CT molecular complexity index is 226. The highest BCUT2D eigenvalue weighted by atomic mass is 32.1. The van der Waals surface area contributed by atoms with Crippen molar-refractivity contribution in [3.63, 3.8) is 0 Å². The van der Waals surface area contributed by atoms with Crippen LogP contribution in [0.2, 0.25) is 0 Å². The maximum absolute atomic E-state index is 12.2. The van der Waals surface area contributed by atoms with Crippen LogP contribution >= 0.6 is 12.6 Å². The molecule has 0 bridgehead atoms. The summed E-state index contributed by atoms with van der Waals surface area (Å²) in [6.45, 7) is 0. The van der Waals surface area contributed by atoms with Crippen LogP contribution in [0.25, 0.3) is 0 Å². The monoisotopic (exact) mass is 147 g/mol. The molecule has 1 aromatic rings. The Morgan fingerprint density at radius 3 is 2.44 bits per heavy atom. The van der Waals surface area contributed by atoms with Gasteiger partial charge in [-0.25, -0.2) is 0 Å². The van der Waals surface area contributed by atoms with Gasteiger partial charge in [-0.1, -0.05) is 0 Å². The fourth-order valence-corrected chi connectivity index (χ4v) is 0.529. The summed E-state index contributed by atoms with van der Waals surface area (Å²) < 4.78 is 24.1. The average Bonchev–Trinajstić information content (AvgIpc) is 1.80. The van der Waals surface area contributed by atoms with Gasteiger partial charge in [-0.15, -0.1) is 12.6 Å². The van der Waals surface area contributed by atoms with E-state index < -0.39 is 11.9 Å². The van der Waals surface area contributed by atoms with Gasteiger partial charge in [0.05, 0.1) is 4.90 Å². The van der Waals surface area contributed by atoms with Crippen molar-refractivity contribution in [1.82, 2.24) is 4.98 Å². The lowest BCUT2D eigenvalue weighted by molar-refractivity contribution is 0.496. The van der Waals surface area contributed by atoms with E-state index in [0.717, 1.165) is 6.07 Å². The van der Waals surface area contributed by atoms with E-state index in [2.05, 4.69) is 17.6 Å². The highest BCUT2D eigenvalue weighted by molar-refractivity contribution is 7.80. The molecule has 0 aliphatic rings. The van der Waals surface area contributed by atoms with Crippen molar-refractivity contribution in [1.29, 1.82) is 0 Å². The molecular weight excluding hydrogens is 144 g/mol. The number of halogens is 2. The van der Waals surface area contributed by atoms with Crippen LogP contribution in [0.1, 0.15) is 0 Å². The predicted octanol–water partition coefficient (Wildman–Crippen LogP) is 1.65. The van der Waals surface area contributed by atoms with Gasteiger partial charge in [0, 0.05) is 0 Å². The molecule has 0 aliphatic heterocycles. The lowest BCUT2D eigenvalue weighted by Crippen LogP contribution is -1.87. The van der Waals surface area contributed by atoms with Gasteiger partial charge in [-0.2, -0.15) is 13.8 Å². The molecule has 0 fully saturated rings. The Labute approximate surface area is 56.1 Å². The molecular formula is C5H3F2NS. The van der Waals surface area contributed by atoms with E-state index in [4.69, 9.17) is 0 Å². The minimum Gasteiger partial charge on any atom is -0.190 e. The molecule has 0 N–H and O–H groups in total. The lowest BCUT2D eigenvalue weighted by Gasteiger charge is -1.90. The lowest BCUT2D eigenvalue weighted by atomic mass is 10.5. The quantitative estimate of drug-likeness (QED) is 0.435. The molecule has 0 atom stereocenters. The Morgan fingerprint density at radius 1 is 1.33 bits per heavy atom. The molecule has 0 unspecified atom stereocenters. The first-order valence-corrected chi connectivity index (χ1v) is 2.66. The first-order chi connectivity index (χ1) is 4.20. The molecule has 0 radical (unpaired) electrons. The van der Waals surface area contributed by atoms with Crippen molar-refractivity contribution in [2.45, 2.75) is 4.90 Å².